The maximum Gasteiger partial charge on any atom is 0.323 e. The van der Waals surface area contributed by atoms with Gasteiger partial charge in [-0.05, 0) is 31.5 Å². The minimum absolute atomic E-state index is 0.137. The topological polar surface area (TPSA) is 98.5 Å². The second kappa shape index (κ2) is 7.67. The van der Waals surface area contributed by atoms with Crippen molar-refractivity contribution in [2.75, 3.05) is 23.6 Å². The maximum atomic E-state index is 11.8. The molecule has 0 saturated carbocycles. The molecule has 1 rings (SSSR count). The number of nitrogens with one attached hydrogen (secondary N) is 1. The van der Waals surface area contributed by atoms with Crippen molar-refractivity contribution < 1.29 is 17.9 Å². The lowest BCUT2D eigenvalue weighted by Gasteiger charge is -2.09. The van der Waals surface area contributed by atoms with Crippen molar-refractivity contribution in [3.8, 4) is 11.8 Å². The van der Waals surface area contributed by atoms with Crippen LogP contribution in [0.3, 0.4) is 0 Å². The lowest BCUT2D eigenvalue weighted by Crippen LogP contribution is -2.24. The summed E-state index contributed by atoms with van der Waals surface area (Å²) in [6.45, 7) is 3.83. The Labute approximate surface area is 124 Å². The summed E-state index contributed by atoms with van der Waals surface area (Å²) in [7, 11) is -3.80. The summed E-state index contributed by atoms with van der Waals surface area (Å²) in [6, 6.07) is 4.94. The zero-order valence-electron chi connectivity index (χ0n) is 12.0. The largest absolute Gasteiger partial charge is 0.465 e. The van der Waals surface area contributed by atoms with Crippen molar-refractivity contribution in [3.05, 3.63) is 29.3 Å². The quantitative estimate of drug-likeness (QED) is 0.613. The number of hydrogen-bond donors (Lipinski definition) is 2. The number of rotatable bonds is 5. The molecule has 1 aromatic carbocycles. The third-order valence-corrected chi connectivity index (χ3v) is 3.61. The Morgan fingerprint density at radius 2 is 2.14 bits per heavy atom. The van der Waals surface area contributed by atoms with Crippen molar-refractivity contribution in [1.82, 2.24) is 0 Å². The van der Waals surface area contributed by atoms with Gasteiger partial charge in [0.1, 0.15) is 0 Å². The van der Waals surface area contributed by atoms with E-state index in [1.165, 1.54) is 0 Å². The number of ether oxygens (including phenoxy) is 1. The zero-order chi connectivity index (χ0) is 15.9. The molecule has 0 unspecified atom stereocenters. The molecule has 0 radical (unpaired) electrons. The lowest BCUT2D eigenvalue weighted by atomic mass is 10.1. The summed E-state index contributed by atoms with van der Waals surface area (Å²) in [6.07, 6.45) is 0. The molecule has 0 aliphatic heterocycles. The highest BCUT2D eigenvalue weighted by Gasteiger charge is 2.17. The Balaban J connectivity index is 2.90. The highest BCUT2D eigenvalue weighted by atomic mass is 32.2. The third-order valence-electron chi connectivity index (χ3n) is 2.45. The SMILES string of the molecule is CCOC(=O)CS(=O)(=O)Nc1ccc(C)c(C#CCN)c1. The van der Waals surface area contributed by atoms with Gasteiger partial charge in [0.2, 0.25) is 10.0 Å². The number of carbonyl (C=O) groups excluding carboxylic acids is 1. The average Bonchev–Trinajstić information content (AvgIpc) is 2.38. The van der Waals surface area contributed by atoms with Crippen molar-refractivity contribution in [1.29, 1.82) is 0 Å². The van der Waals surface area contributed by atoms with E-state index in [0.717, 1.165) is 5.56 Å². The lowest BCUT2D eigenvalue weighted by molar-refractivity contribution is -0.139. The molecule has 0 aliphatic rings. The van der Waals surface area contributed by atoms with Crippen LogP contribution in [-0.4, -0.2) is 33.3 Å². The van der Waals surface area contributed by atoms with Gasteiger partial charge in [0.05, 0.1) is 13.2 Å². The number of sulfonamides is 1. The number of carbonyl (C=O) groups is 1. The first-order valence-corrected chi connectivity index (χ1v) is 7.99. The van der Waals surface area contributed by atoms with E-state index in [4.69, 9.17) is 5.73 Å². The van der Waals surface area contributed by atoms with E-state index in [9.17, 15) is 13.2 Å². The average molecular weight is 310 g/mol. The fourth-order valence-electron chi connectivity index (χ4n) is 1.54. The molecule has 0 bridgehead atoms. The molecule has 0 atom stereocenters. The molecule has 0 heterocycles. The minimum atomic E-state index is -3.80. The van der Waals surface area contributed by atoms with E-state index in [0.29, 0.717) is 11.3 Å². The predicted octanol–water partition coefficient (Wildman–Crippen LogP) is 0.610. The molecule has 0 saturated heterocycles. The molecule has 0 amide bonds. The molecule has 6 nitrogen and oxygen atoms in total. The second-order valence-electron chi connectivity index (χ2n) is 4.20. The van der Waals surface area contributed by atoms with E-state index in [1.807, 2.05) is 6.92 Å². The summed E-state index contributed by atoms with van der Waals surface area (Å²) in [5.41, 5.74) is 7.24. The van der Waals surface area contributed by atoms with E-state index < -0.39 is 21.7 Å². The first-order valence-electron chi connectivity index (χ1n) is 6.33. The van der Waals surface area contributed by atoms with Crippen molar-refractivity contribution in [2.45, 2.75) is 13.8 Å². The molecule has 0 spiro atoms. The smallest absolute Gasteiger partial charge is 0.323 e. The maximum absolute atomic E-state index is 11.8. The zero-order valence-corrected chi connectivity index (χ0v) is 12.8. The van der Waals surface area contributed by atoms with Crippen molar-refractivity contribution >= 4 is 21.7 Å². The van der Waals surface area contributed by atoms with Crippen LogP contribution in [0.5, 0.6) is 0 Å². The third kappa shape index (κ3) is 5.85. The summed E-state index contributed by atoms with van der Waals surface area (Å²) in [4.78, 5) is 11.2. The predicted molar refractivity (Wildman–Crippen MR) is 81.2 cm³/mol. The van der Waals surface area contributed by atoms with Crippen LogP contribution in [0.25, 0.3) is 0 Å². The molecule has 0 aliphatic carbocycles. The number of anilines is 1. The number of aryl methyl sites for hydroxylation is 1. The van der Waals surface area contributed by atoms with Crippen LogP contribution >= 0.6 is 0 Å². The molecule has 0 aromatic heterocycles. The minimum Gasteiger partial charge on any atom is -0.465 e. The van der Waals surface area contributed by atoms with Crippen LogP contribution in [0.2, 0.25) is 0 Å². The number of nitrogens with two attached hydrogens (primary N) is 1. The first-order chi connectivity index (χ1) is 9.88. The standard InChI is InChI=1S/C14H18N2O4S/c1-3-20-14(17)10-21(18,19)16-13-7-6-11(2)12(9-13)5-4-8-15/h6-7,9,16H,3,8,10,15H2,1-2H3. The molecule has 7 heteroatoms. The van der Waals surface area contributed by atoms with Gasteiger partial charge in [0.15, 0.2) is 5.75 Å². The van der Waals surface area contributed by atoms with E-state index >= 15 is 0 Å². The van der Waals surface area contributed by atoms with Gasteiger partial charge in [0, 0.05) is 11.3 Å². The van der Waals surface area contributed by atoms with Crippen LogP contribution in [0, 0.1) is 18.8 Å². The number of hydrogen-bond acceptors (Lipinski definition) is 5. The molecular weight excluding hydrogens is 292 g/mol. The highest BCUT2D eigenvalue weighted by molar-refractivity contribution is 7.93. The van der Waals surface area contributed by atoms with Crippen LogP contribution < -0.4 is 10.5 Å². The van der Waals surface area contributed by atoms with Gasteiger partial charge in [-0.25, -0.2) is 8.42 Å². The normalized spacial score (nSPS) is 10.4. The summed E-state index contributed by atoms with van der Waals surface area (Å²) < 4.78 is 30.6. The van der Waals surface area contributed by atoms with Gasteiger partial charge in [-0.2, -0.15) is 0 Å². The molecular formula is C14H18N2O4S. The van der Waals surface area contributed by atoms with Gasteiger partial charge < -0.3 is 10.5 Å². The first kappa shape index (κ1) is 17.0. The van der Waals surface area contributed by atoms with Crippen molar-refractivity contribution in [2.24, 2.45) is 5.73 Å². The molecule has 0 fully saturated rings. The summed E-state index contributed by atoms with van der Waals surface area (Å²) >= 11 is 0. The summed E-state index contributed by atoms with van der Waals surface area (Å²) in [5, 5.41) is 0. The summed E-state index contributed by atoms with van der Waals surface area (Å²) in [5.74, 6) is 4.05. The fraction of sp³-hybridized carbons (Fsp3) is 0.357. The highest BCUT2D eigenvalue weighted by Crippen LogP contribution is 2.16. The van der Waals surface area contributed by atoms with E-state index in [2.05, 4.69) is 21.3 Å². The Kier molecular flexibility index (Phi) is 6.21. The van der Waals surface area contributed by atoms with Crippen LogP contribution in [0.4, 0.5) is 5.69 Å². The van der Waals surface area contributed by atoms with Gasteiger partial charge >= 0.3 is 5.97 Å². The molecule has 1 aromatic rings. The van der Waals surface area contributed by atoms with Crippen LogP contribution in [0.1, 0.15) is 18.1 Å². The second-order valence-corrected chi connectivity index (χ2v) is 5.92. The molecule has 3 N–H and O–H groups in total. The Morgan fingerprint density at radius 1 is 1.43 bits per heavy atom. The van der Waals surface area contributed by atoms with Gasteiger partial charge in [-0.1, -0.05) is 17.9 Å². The Hall–Kier alpha value is -2.04. The van der Waals surface area contributed by atoms with Gasteiger partial charge in [0.25, 0.3) is 0 Å². The monoisotopic (exact) mass is 310 g/mol. The van der Waals surface area contributed by atoms with Gasteiger partial charge in [-0.15, -0.1) is 0 Å². The number of esters is 1. The Morgan fingerprint density at radius 3 is 2.76 bits per heavy atom. The molecule has 21 heavy (non-hydrogen) atoms. The van der Waals surface area contributed by atoms with E-state index in [1.54, 1.807) is 25.1 Å². The Bertz CT molecular complexity index is 672. The number of benzene rings is 1. The van der Waals surface area contributed by atoms with E-state index in [-0.39, 0.29) is 13.2 Å². The van der Waals surface area contributed by atoms with Crippen LogP contribution in [-0.2, 0) is 19.6 Å². The van der Waals surface area contributed by atoms with Crippen molar-refractivity contribution in [3.63, 3.8) is 0 Å². The fourth-order valence-corrected chi connectivity index (χ4v) is 2.49. The molecule has 114 valence electrons. The van der Waals surface area contributed by atoms with Crippen LogP contribution in [0.15, 0.2) is 18.2 Å². The van der Waals surface area contributed by atoms with Gasteiger partial charge in [-0.3, -0.25) is 9.52 Å².